The number of hydrogen-bond donors (Lipinski definition) is 2. The van der Waals surface area contributed by atoms with Crippen LogP contribution < -0.4 is 15.7 Å². The maximum atomic E-state index is 11.5. The molecule has 0 radical (unpaired) electrons. The Morgan fingerprint density at radius 3 is 2.62 bits per heavy atom. The molecule has 2 N–H and O–H groups in total. The Morgan fingerprint density at radius 2 is 2.00 bits per heavy atom. The van der Waals surface area contributed by atoms with Crippen molar-refractivity contribution in [3.05, 3.63) is 49.9 Å². The van der Waals surface area contributed by atoms with Gasteiger partial charge in [0, 0.05) is 11.8 Å². The average molecular weight is 369 g/mol. The monoisotopic (exact) mass is 368 g/mol. The highest BCUT2D eigenvalue weighted by molar-refractivity contribution is 6.37. The van der Waals surface area contributed by atoms with Crippen LogP contribution >= 0.6 is 23.2 Å². The fraction of sp³-hybridized carbons (Fsp3) is 0.312. The van der Waals surface area contributed by atoms with Crippen molar-refractivity contribution < 1.29 is 4.74 Å². The number of aryl methyl sites for hydroxylation is 1. The number of hydrazone groups is 1. The molecule has 0 fully saturated rings. The fourth-order valence-corrected chi connectivity index (χ4v) is 2.52. The third-order valence-electron chi connectivity index (χ3n) is 3.01. The summed E-state index contributed by atoms with van der Waals surface area (Å²) in [6.45, 7) is 4.46. The van der Waals surface area contributed by atoms with Crippen LogP contribution in [0.1, 0.15) is 31.5 Å². The van der Waals surface area contributed by atoms with Gasteiger partial charge in [-0.15, -0.1) is 0 Å². The van der Waals surface area contributed by atoms with E-state index in [1.54, 1.807) is 12.1 Å². The SMILES string of the molecule is CCCOc1c(Cl)cc(/C=N\Nc2nc(CC)cc(=O)[nH]2)cc1Cl. The van der Waals surface area contributed by atoms with Crippen molar-refractivity contribution >= 4 is 35.4 Å². The van der Waals surface area contributed by atoms with Crippen molar-refractivity contribution in [2.24, 2.45) is 5.10 Å². The van der Waals surface area contributed by atoms with Gasteiger partial charge in [0.25, 0.3) is 5.56 Å². The molecular weight excluding hydrogens is 351 g/mol. The molecule has 6 nitrogen and oxygen atoms in total. The lowest BCUT2D eigenvalue weighted by Crippen LogP contribution is -2.11. The Kier molecular flexibility index (Phi) is 6.63. The Hall–Kier alpha value is -2.05. The van der Waals surface area contributed by atoms with Crippen LogP contribution in [0.2, 0.25) is 10.0 Å². The lowest BCUT2D eigenvalue weighted by Gasteiger charge is -2.09. The molecule has 8 heteroatoms. The number of rotatable bonds is 7. The summed E-state index contributed by atoms with van der Waals surface area (Å²) < 4.78 is 5.51. The van der Waals surface area contributed by atoms with E-state index in [1.807, 2.05) is 13.8 Å². The van der Waals surface area contributed by atoms with Gasteiger partial charge in [0.15, 0.2) is 5.75 Å². The van der Waals surface area contributed by atoms with Crippen molar-refractivity contribution in [1.82, 2.24) is 9.97 Å². The van der Waals surface area contributed by atoms with Gasteiger partial charge in [-0.2, -0.15) is 5.10 Å². The summed E-state index contributed by atoms with van der Waals surface area (Å²) in [6.07, 6.45) is 3.05. The molecule has 0 aliphatic rings. The van der Waals surface area contributed by atoms with Crippen LogP contribution in [0.25, 0.3) is 0 Å². The van der Waals surface area contributed by atoms with Crippen molar-refractivity contribution in [3.8, 4) is 5.75 Å². The second kappa shape index (κ2) is 8.70. The minimum absolute atomic E-state index is 0.233. The van der Waals surface area contributed by atoms with E-state index in [0.717, 1.165) is 6.42 Å². The first-order chi connectivity index (χ1) is 11.5. The second-order valence-electron chi connectivity index (χ2n) is 4.97. The lowest BCUT2D eigenvalue weighted by molar-refractivity contribution is 0.318. The highest BCUT2D eigenvalue weighted by Gasteiger charge is 2.08. The number of hydrogen-bond acceptors (Lipinski definition) is 5. The predicted molar refractivity (Wildman–Crippen MR) is 97.7 cm³/mol. The van der Waals surface area contributed by atoms with Crippen LogP contribution in [0.3, 0.4) is 0 Å². The van der Waals surface area contributed by atoms with Crippen molar-refractivity contribution in [1.29, 1.82) is 0 Å². The van der Waals surface area contributed by atoms with E-state index in [4.69, 9.17) is 27.9 Å². The molecule has 0 aliphatic heterocycles. The Morgan fingerprint density at radius 1 is 1.29 bits per heavy atom. The van der Waals surface area contributed by atoms with Crippen LogP contribution in [0, 0.1) is 0 Å². The number of aromatic amines is 1. The van der Waals surface area contributed by atoms with Gasteiger partial charge >= 0.3 is 0 Å². The van der Waals surface area contributed by atoms with E-state index in [1.165, 1.54) is 12.3 Å². The molecule has 128 valence electrons. The van der Waals surface area contributed by atoms with Crippen LogP contribution in [-0.4, -0.2) is 22.8 Å². The summed E-state index contributed by atoms with van der Waals surface area (Å²) in [7, 11) is 0. The van der Waals surface area contributed by atoms with Crippen LogP contribution in [0.4, 0.5) is 5.95 Å². The van der Waals surface area contributed by atoms with E-state index >= 15 is 0 Å². The predicted octanol–water partition coefficient (Wildman–Crippen LogP) is 3.87. The molecule has 0 saturated heterocycles. The molecule has 2 rings (SSSR count). The zero-order chi connectivity index (χ0) is 17.5. The average Bonchev–Trinajstić information content (AvgIpc) is 2.53. The molecule has 24 heavy (non-hydrogen) atoms. The molecule has 1 aromatic carbocycles. The summed E-state index contributed by atoms with van der Waals surface area (Å²) in [5.41, 5.74) is 3.82. The molecule has 0 amide bonds. The number of nitrogens with one attached hydrogen (secondary N) is 2. The summed E-state index contributed by atoms with van der Waals surface area (Å²) in [5, 5.41) is 4.86. The minimum atomic E-state index is -0.233. The molecule has 0 atom stereocenters. The molecule has 0 aliphatic carbocycles. The van der Waals surface area contributed by atoms with Gasteiger partial charge in [-0.1, -0.05) is 37.0 Å². The van der Waals surface area contributed by atoms with E-state index in [2.05, 4.69) is 20.5 Å². The summed E-state index contributed by atoms with van der Waals surface area (Å²) in [5.74, 6) is 0.739. The van der Waals surface area contributed by atoms with E-state index in [-0.39, 0.29) is 11.5 Å². The minimum Gasteiger partial charge on any atom is -0.490 e. The molecule has 0 unspecified atom stereocenters. The molecular formula is C16H18Cl2N4O2. The number of H-pyrrole nitrogens is 1. The lowest BCUT2D eigenvalue weighted by atomic mass is 10.2. The number of halogens is 2. The molecule has 0 spiro atoms. The first-order valence-electron chi connectivity index (χ1n) is 7.54. The van der Waals surface area contributed by atoms with Crippen LogP contribution in [0.15, 0.2) is 28.1 Å². The first kappa shape index (κ1) is 18.3. The molecule has 0 saturated carbocycles. The summed E-state index contributed by atoms with van der Waals surface area (Å²) in [4.78, 5) is 18.3. The van der Waals surface area contributed by atoms with Gasteiger partial charge in [-0.05, 0) is 30.5 Å². The fourth-order valence-electron chi connectivity index (χ4n) is 1.91. The molecule has 0 bridgehead atoms. The summed E-state index contributed by atoms with van der Waals surface area (Å²) in [6, 6.07) is 4.84. The van der Waals surface area contributed by atoms with Gasteiger partial charge in [0.2, 0.25) is 5.95 Å². The Balaban J connectivity index is 2.12. The number of benzene rings is 1. The number of aromatic nitrogens is 2. The third-order valence-corrected chi connectivity index (χ3v) is 3.57. The Labute approximate surface area is 149 Å². The normalized spacial score (nSPS) is 11.0. The quantitative estimate of drug-likeness (QED) is 0.574. The smallest absolute Gasteiger partial charge is 0.252 e. The van der Waals surface area contributed by atoms with Crippen molar-refractivity contribution in [3.63, 3.8) is 0 Å². The van der Waals surface area contributed by atoms with Crippen molar-refractivity contribution in [2.45, 2.75) is 26.7 Å². The number of ether oxygens (including phenoxy) is 1. The summed E-state index contributed by atoms with van der Waals surface area (Å²) >= 11 is 12.4. The van der Waals surface area contributed by atoms with E-state index in [0.29, 0.717) is 40.1 Å². The van der Waals surface area contributed by atoms with Crippen molar-refractivity contribution in [2.75, 3.05) is 12.0 Å². The highest BCUT2D eigenvalue weighted by Crippen LogP contribution is 2.33. The topological polar surface area (TPSA) is 79.4 Å². The maximum absolute atomic E-state index is 11.5. The second-order valence-corrected chi connectivity index (χ2v) is 5.79. The zero-order valence-electron chi connectivity index (χ0n) is 13.4. The van der Waals surface area contributed by atoms with Gasteiger partial charge < -0.3 is 4.74 Å². The number of nitrogens with zero attached hydrogens (tertiary/aromatic N) is 2. The standard InChI is InChI=1S/C16H18Cl2N4O2/c1-3-5-24-15-12(17)6-10(7-13(15)18)9-19-22-16-20-11(4-2)8-14(23)21-16/h6-9H,3-5H2,1-2H3,(H2,20,21,22,23)/b19-9-. The Bertz CT molecular complexity index is 767. The van der Waals surface area contributed by atoms with Gasteiger partial charge in [-0.25, -0.2) is 10.4 Å². The molecule has 1 aromatic heterocycles. The molecule has 2 aromatic rings. The zero-order valence-corrected chi connectivity index (χ0v) is 14.9. The molecule has 1 heterocycles. The van der Waals surface area contributed by atoms with Crippen LogP contribution in [-0.2, 0) is 6.42 Å². The van der Waals surface area contributed by atoms with Gasteiger partial charge in [0.1, 0.15) is 0 Å². The van der Waals surface area contributed by atoms with Crippen LogP contribution in [0.5, 0.6) is 5.75 Å². The van der Waals surface area contributed by atoms with E-state index in [9.17, 15) is 4.79 Å². The van der Waals surface area contributed by atoms with Gasteiger partial charge in [0.05, 0.1) is 22.9 Å². The number of anilines is 1. The largest absolute Gasteiger partial charge is 0.490 e. The highest BCUT2D eigenvalue weighted by atomic mass is 35.5. The van der Waals surface area contributed by atoms with E-state index < -0.39 is 0 Å². The van der Waals surface area contributed by atoms with Gasteiger partial charge in [-0.3, -0.25) is 9.78 Å². The maximum Gasteiger partial charge on any atom is 0.252 e. The first-order valence-corrected chi connectivity index (χ1v) is 8.30. The third kappa shape index (κ3) is 4.97.